The van der Waals surface area contributed by atoms with Crippen LogP contribution < -0.4 is 11.5 Å². The van der Waals surface area contributed by atoms with Crippen LogP contribution in [0, 0.1) is 11.8 Å². The largest absolute Gasteiger partial charge is 0.458 e. The van der Waals surface area contributed by atoms with E-state index in [1.807, 2.05) is 13.8 Å². The lowest BCUT2D eigenvalue weighted by atomic mass is 9.96. The molecule has 0 aliphatic heterocycles. The molecule has 26 heavy (non-hydrogen) atoms. The van der Waals surface area contributed by atoms with Crippen LogP contribution in [0.15, 0.2) is 12.5 Å². The van der Waals surface area contributed by atoms with E-state index in [4.69, 9.17) is 16.2 Å². The van der Waals surface area contributed by atoms with Crippen molar-refractivity contribution in [1.82, 2.24) is 15.0 Å². The molecule has 1 aliphatic carbocycles. The van der Waals surface area contributed by atoms with Crippen molar-refractivity contribution in [2.75, 3.05) is 12.3 Å². The Morgan fingerprint density at radius 1 is 1.46 bits per heavy atom. The average molecular weight is 363 g/mol. The summed E-state index contributed by atoms with van der Waals surface area (Å²) >= 11 is 0. The summed E-state index contributed by atoms with van der Waals surface area (Å²) in [6.07, 6.45) is 1.73. The molecule has 0 unspecified atom stereocenters. The fourth-order valence-electron chi connectivity index (χ4n) is 3.49. The summed E-state index contributed by atoms with van der Waals surface area (Å²) in [5.41, 5.74) is 13.7. The van der Waals surface area contributed by atoms with Crippen molar-refractivity contribution >= 4 is 22.8 Å². The van der Waals surface area contributed by atoms with Gasteiger partial charge in [0.05, 0.1) is 11.6 Å². The smallest absolute Gasteiger partial charge is 0.323 e. The number of anilines is 1. The predicted molar refractivity (Wildman–Crippen MR) is 94.9 cm³/mol. The molecule has 142 valence electrons. The van der Waals surface area contributed by atoms with Gasteiger partial charge in [-0.1, -0.05) is 13.8 Å². The Kier molecular flexibility index (Phi) is 5.12. The summed E-state index contributed by atoms with van der Waals surface area (Å²) in [7, 11) is 0. The molecule has 2 aromatic heterocycles. The highest BCUT2D eigenvalue weighted by Crippen LogP contribution is 2.43. The van der Waals surface area contributed by atoms with Crippen molar-refractivity contribution in [2.24, 2.45) is 17.6 Å². The molecule has 9 heteroatoms. The van der Waals surface area contributed by atoms with Gasteiger partial charge in [-0.05, 0) is 12.3 Å². The number of nitrogens with two attached hydrogens (primary N) is 2. The highest BCUT2D eigenvalue weighted by molar-refractivity contribution is 5.87. The number of fused-ring (bicyclic) bond motifs is 1. The summed E-state index contributed by atoms with van der Waals surface area (Å²) in [4.78, 5) is 23.6. The molecule has 0 radical (unpaired) electrons. The first-order chi connectivity index (χ1) is 12.3. The molecule has 2 aromatic rings. The monoisotopic (exact) mass is 363 g/mol. The maximum Gasteiger partial charge on any atom is 0.323 e. The van der Waals surface area contributed by atoms with Crippen LogP contribution in [0.25, 0.3) is 11.0 Å². The van der Waals surface area contributed by atoms with Crippen molar-refractivity contribution in [3.63, 3.8) is 0 Å². The third kappa shape index (κ3) is 3.13. The van der Waals surface area contributed by atoms with Crippen LogP contribution in [-0.2, 0) is 9.53 Å². The van der Waals surface area contributed by atoms with Gasteiger partial charge in [0.1, 0.15) is 24.0 Å². The van der Waals surface area contributed by atoms with Crippen LogP contribution in [0.3, 0.4) is 0 Å². The molecule has 9 nitrogen and oxygen atoms in total. The Bertz CT molecular complexity index is 793. The van der Waals surface area contributed by atoms with Crippen molar-refractivity contribution in [1.29, 1.82) is 0 Å². The molecule has 0 bridgehead atoms. The van der Waals surface area contributed by atoms with E-state index in [1.54, 1.807) is 6.20 Å². The standard InChI is InChI=1S/C17H25N5O4/c1-7(2)11(18)17(25)26-15-9(3-8(5-23)14(15)24)10-4-20-13-12(10)21-6-22-16(13)19/h4,6-9,11,14-15,20,23-24H,3,5,18H2,1-2H3,(H2,19,21,22)/t8-,9+,11+,14-,15+/m1/s1. The number of hydrogen-bond acceptors (Lipinski definition) is 8. The molecule has 0 amide bonds. The number of aromatic nitrogens is 3. The van der Waals surface area contributed by atoms with Crippen LogP contribution in [0.1, 0.15) is 31.7 Å². The Morgan fingerprint density at radius 3 is 2.85 bits per heavy atom. The minimum atomic E-state index is -0.988. The highest BCUT2D eigenvalue weighted by atomic mass is 16.6. The summed E-state index contributed by atoms with van der Waals surface area (Å²) in [5, 5.41) is 20.1. The van der Waals surface area contributed by atoms with Crippen molar-refractivity contribution < 1.29 is 19.7 Å². The second-order valence-corrected chi connectivity index (χ2v) is 7.17. The molecule has 7 N–H and O–H groups in total. The maximum absolute atomic E-state index is 12.3. The predicted octanol–water partition coefficient (Wildman–Crippen LogP) is -0.108. The third-order valence-corrected chi connectivity index (χ3v) is 5.17. The van der Waals surface area contributed by atoms with Crippen molar-refractivity contribution in [3.05, 3.63) is 18.1 Å². The fraction of sp³-hybridized carbons (Fsp3) is 0.588. The van der Waals surface area contributed by atoms with E-state index >= 15 is 0 Å². The maximum atomic E-state index is 12.3. The number of esters is 1. The first kappa shape index (κ1) is 18.6. The molecule has 1 aliphatic rings. The second kappa shape index (κ2) is 7.18. The molecular weight excluding hydrogens is 338 g/mol. The number of nitrogens with zero attached hydrogens (tertiary/aromatic N) is 2. The zero-order valence-electron chi connectivity index (χ0n) is 14.8. The van der Waals surface area contributed by atoms with Crippen LogP contribution in [0.2, 0.25) is 0 Å². The SMILES string of the molecule is CC(C)[C@H](N)C(=O)O[C@@H]1[C@H](O)[C@@H](CO)C[C@H]1c1c[nH]c2c(N)ncnc12. The summed E-state index contributed by atoms with van der Waals surface area (Å²) in [6.45, 7) is 3.44. The molecule has 2 heterocycles. The van der Waals surface area contributed by atoms with Gasteiger partial charge < -0.3 is 31.4 Å². The topological polar surface area (TPSA) is 160 Å². The Morgan fingerprint density at radius 2 is 2.19 bits per heavy atom. The van der Waals surface area contributed by atoms with Gasteiger partial charge in [0.25, 0.3) is 0 Å². The van der Waals surface area contributed by atoms with Gasteiger partial charge in [-0.15, -0.1) is 0 Å². The summed E-state index contributed by atoms with van der Waals surface area (Å²) in [5.74, 6) is -1.09. The van der Waals surface area contributed by atoms with Crippen LogP contribution in [0.4, 0.5) is 5.82 Å². The highest BCUT2D eigenvalue weighted by Gasteiger charge is 2.46. The second-order valence-electron chi connectivity index (χ2n) is 7.17. The minimum absolute atomic E-state index is 0.0891. The molecule has 0 spiro atoms. The lowest BCUT2D eigenvalue weighted by Gasteiger charge is -2.25. The number of nitrogens with one attached hydrogen (secondary N) is 1. The summed E-state index contributed by atoms with van der Waals surface area (Å²) in [6, 6.07) is -0.781. The lowest BCUT2D eigenvalue weighted by Crippen LogP contribution is -2.42. The fourth-order valence-corrected chi connectivity index (χ4v) is 3.49. The molecule has 1 fully saturated rings. The van der Waals surface area contributed by atoms with E-state index < -0.39 is 30.1 Å². The van der Waals surface area contributed by atoms with E-state index in [1.165, 1.54) is 6.33 Å². The van der Waals surface area contributed by atoms with Gasteiger partial charge >= 0.3 is 5.97 Å². The Labute approximate surface area is 150 Å². The minimum Gasteiger partial charge on any atom is -0.458 e. The van der Waals surface area contributed by atoms with Gasteiger partial charge in [0.2, 0.25) is 0 Å². The van der Waals surface area contributed by atoms with E-state index in [0.29, 0.717) is 23.3 Å². The number of hydrogen-bond donors (Lipinski definition) is 5. The Hall–Kier alpha value is -2.23. The lowest BCUT2D eigenvalue weighted by molar-refractivity contribution is -0.158. The van der Waals surface area contributed by atoms with Crippen molar-refractivity contribution in [3.8, 4) is 0 Å². The number of ether oxygens (including phenoxy) is 1. The van der Waals surface area contributed by atoms with Gasteiger partial charge in [0, 0.05) is 30.2 Å². The van der Waals surface area contributed by atoms with Gasteiger partial charge in [-0.2, -0.15) is 0 Å². The van der Waals surface area contributed by atoms with Gasteiger partial charge in [0.15, 0.2) is 5.82 Å². The number of carbonyl (C=O) groups excluding carboxylic acids is 1. The van der Waals surface area contributed by atoms with Gasteiger partial charge in [-0.25, -0.2) is 9.97 Å². The van der Waals surface area contributed by atoms with Crippen LogP contribution in [0.5, 0.6) is 0 Å². The molecule has 3 rings (SSSR count). The third-order valence-electron chi connectivity index (χ3n) is 5.17. The van der Waals surface area contributed by atoms with Crippen molar-refractivity contribution in [2.45, 2.75) is 44.4 Å². The van der Waals surface area contributed by atoms with E-state index in [2.05, 4.69) is 15.0 Å². The average Bonchev–Trinajstić information content (AvgIpc) is 3.17. The van der Waals surface area contributed by atoms with Crippen LogP contribution >= 0.6 is 0 Å². The first-order valence-electron chi connectivity index (χ1n) is 8.67. The van der Waals surface area contributed by atoms with Gasteiger partial charge in [-0.3, -0.25) is 4.79 Å². The zero-order valence-corrected chi connectivity index (χ0v) is 14.8. The van der Waals surface area contributed by atoms with E-state index in [0.717, 1.165) is 5.56 Å². The Balaban J connectivity index is 1.94. The number of rotatable bonds is 5. The number of aliphatic hydroxyl groups is 2. The number of aromatic amines is 1. The molecule has 5 atom stereocenters. The molecular formula is C17H25N5O4. The number of aliphatic hydroxyl groups excluding tert-OH is 2. The number of nitrogen functional groups attached to an aromatic ring is 1. The normalized spacial score (nSPS) is 27.2. The number of H-pyrrole nitrogens is 1. The van der Waals surface area contributed by atoms with E-state index in [-0.39, 0.29) is 18.4 Å². The van der Waals surface area contributed by atoms with Crippen LogP contribution in [-0.4, -0.2) is 56.0 Å². The number of carbonyl (C=O) groups is 1. The molecule has 1 saturated carbocycles. The first-order valence-corrected chi connectivity index (χ1v) is 8.67. The molecule has 0 aromatic carbocycles. The molecule has 0 saturated heterocycles. The quantitative estimate of drug-likeness (QED) is 0.460. The summed E-state index contributed by atoms with van der Waals surface area (Å²) < 4.78 is 5.58. The zero-order chi connectivity index (χ0) is 19.0. The van der Waals surface area contributed by atoms with E-state index in [9.17, 15) is 15.0 Å².